The largest absolute Gasteiger partial charge is 0.469 e. The van der Waals surface area contributed by atoms with Crippen molar-refractivity contribution in [1.29, 1.82) is 0 Å². The highest BCUT2D eigenvalue weighted by Gasteiger charge is 2.17. The molecule has 0 spiro atoms. The van der Waals surface area contributed by atoms with E-state index in [0.717, 1.165) is 12.1 Å². The summed E-state index contributed by atoms with van der Waals surface area (Å²) in [4.78, 5) is 31.5. The lowest BCUT2D eigenvalue weighted by Crippen LogP contribution is -2.17. The monoisotopic (exact) mass is 413 g/mol. The SMILES string of the molecule is COC(=O)Cc1cc(F)c(-c2ccc(-c3nc(C(N)=O)c(C)nc3C)cc2)c(F)c1.[HH]. The first-order valence-electron chi connectivity index (χ1n) is 9.01. The Hall–Kier alpha value is -3.68. The van der Waals surface area contributed by atoms with E-state index in [-0.39, 0.29) is 24.7 Å². The van der Waals surface area contributed by atoms with Gasteiger partial charge in [0.2, 0.25) is 0 Å². The molecule has 0 unspecified atom stereocenters. The molecule has 2 aromatic carbocycles. The molecular weight excluding hydrogens is 392 g/mol. The summed E-state index contributed by atoms with van der Waals surface area (Å²) < 4.78 is 33.6. The van der Waals surface area contributed by atoms with Crippen LogP contribution < -0.4 is 5.73 Å². The third-order valence-corrected chi connectivity index (χ3v) is 4.60. The van der Waals surface area contributed by atoms with Gasteiger partial charge in [0.05, 0.1) is 36.2 Å². The molecule has 0 aliphatic rings. The summed E-state index contributed by atoms with van der Waals surface area (Å²) >= 11 is 0. The van der Waals surface area contributed by atoms with Crippen LogP contribution in [-0.4, -0.2) is 29.0 Å². The lowest BCUT2D eigenvalue weighted by Gasteiger charge is -2.11. The second kappa shape index (κ2) is 8.36. The second-order valence-electron chi connectivity index (χ2n) is 6.72. The summed E-state index contributed by atoms with van der Waals surface area (Å²) in [6, 6.07) is 8.57. The maximum Gasteiger partial charge on any atom is 0.309 e. The zero-order valence-corrected chi connectivity index (χ0v) is 16.6. The summed E-state index contributed by atoms with van der Waals surface area (Å²) in [5, 5.41) is 0. The van der Waals surface area contributed by atoms with Crippen LogP contribution in [0.1, 0.15) is 28.9 Å². The fourth-order valence-corrected chi connectivity index (χ4v) is 3.17. The van der Waals surface area contributed by atoms with Crippen LogP contribution in [0.3, 0.4) is 0 Å². The Morgan fingerprint density at radius 2 is 1.57 bits per heavy atom. The van der Waals surface area contributed by atoms with Crippen molar-refractivity contribution in [3.8, 4) is 22.4 Å². The quantitative estimate of drug-likeness (QED) is 0.643. The summed E-state index contributed by atoms with van der Waals surface area (Å²) in [7, 11) is 1.21. The number of aromatic nitrogens is 2. The Bertz CT molecular complexity index is 1130. The number of halogens is 2. The van der Waals surface area contributed by atoms with Gasteiger partial charge >= 0.3 is 5.97 Å². The van der Waals surface area contributed by atoms with Crippen molar-refractivity contribution in [2.45, 2.75) is 20.3 Å². The molecule has 0 aliphatic heterocycles. The van der Waals surface area contributed by atoms with Crippen molar-refractivity contribution >= 4 is 11.9 Å². The maximum atomic E-state index is 14.6. The fourth-order valence-electron chi connectivity index (χ4n) is 3.17. The van der Waals surface area contributed by atoms with E-state index < -0.39 is 23.5 Å². The predicted molar refractivity (Wildman–Crippen MR) is 109 cm³/mol. The lowest BCUT2D eigenvalue weighted by atomic mass is 9.99. The van der Waals surface area contributed by atoms with Crippen LogP contribution in [0, 0.1) is 25.5 Å². The van der Waals surface area contributed by atoms with Crippen molar-refractivity contribution in [3.63, 3.8) is 0 Å². The molecule has 0 fully saturated rings. The molecule has 2 N–H and O–H groups in total. The third-order valence-electron chi connectivity index (χ3n) is 4.60. The minimum atomic E-state index is -0.788. The number of carbonyl (C=O) groups is 2. The zero-order valence-electron chi connectivity index (χ0n) is 16.6. The Morgan fingerprint density at radius 3 is 2.10 bits per heavy atom. The van der Waals surface area contributed by atoms with E-state index in [2.05, 4.69) is 14.7 Å². The summed E-state index contributed by atoms with van der Waals surface area (Å²) in [6.07, 6.45) is -0.225. The molecule has 3 aromatic rings. The predicted octanol–water partition coefficient (Wildman–Crippen LogP) is 3.77. The molecule has 0 saturated carbocycles. The van der Waals surface area contributed by atoms with E-state index in [9.17, 15) is 18.4 Å². The van der Waals surface area contributed by atoms with Crippen molar-refractivity contribution in [2.75, 3.05) is 7.11 Å². The highest BCUT2D eigenvalue weighted by atomic mass is 19.1. The van der Waals surface area contributed by atoms with Crippen LogP contribution in [0.2, 0.25) is 0 Å². The Balaban J connectivity index is 0.00000341. The van der Waals surface area contributed by atoms with Gasteiger partial charge in [-0.25, -0.2) is 13.8 Å². The van der Waals surface area contributed by atoms with Crippen molar-refractivity contribution in [2.24, 2.45) is 5.73 Å². The number of primary amides is 1. The molecule has 30 heavy (non-hydrogen) atoms. The zero-order chi connectivity index (χ0) is 22.0. The van der Waals surface area contributed by atoms with Gasteiger partial charge in [-0.2, -0.15) is 0 Å². The minimum absolute atomic E-state index is 0. The van der Waals surface area contributed by atoms with Crippen molar-refractivity contribution in [3.05, 3.63) is 70.7 Å². The topological polar surface area (TPSA) is 95.2 Å². The first-order chi connectivity index (χ1) is 14.2. The molecule has 1 amide bonds. The van der Waals surface area contributed by atoms with E-state index in [1.54, 1.807) is 38.1 Å². The number of carbonyl (C=O) groups excluding carboxylic acids is 2. The second-order valence-corrected chi connectivity index (χ2v) is 6.72. The molecule has 1 aromatic heterocycles. The number of ether oxygens (including phenoxy) is 1. The summed E-state index contributed by atoms with van der Waals surface area (Å²) in [5.74, 6) is -2.85. The van der Waals surface area contributed by atoms with E-state index >= 15 is 0 Å². The third kappa shape index (κ3) is 4.17. The Labute approximate surface area is 173 Å². The minimum Gasteiger partial charge on any atom is -0.469 e. The van der Waals surface area contributed by atoms with Gasteiger partial charge in [0.15, 0.2) is 0 Å². The van der Waals surface area contributed by atoms with Crippen molar-refractivity contribution in [1.82, 2.24) is 9.97 Å². The number of nitrogens with zero attached hydrogens (tertiary/aromatic N) is 2. The molecule has 0 atom stereocenters. The standard InChI is InChI=1S/C22H19F2N3O3.H2/c1-11-20(27-21(22(25)29)12(2)26-11)15-6-4-14(5-7-15)19-16(23)8-13(9-17(19)24)10-18(28)30-3;/h4-9H,10H2,1-3H3,(H2,25,29);1H. The van der Waals surface area contributed by atoms with Crippen LogP contribution in [0.15, 0.2) is 36.4 Å². The molecule has 0 radical (unpaired) electrons. The van der Waals surface area contributed by atoms with Crippen LogP contribution in [0.5, 0.6) is 0 Å². The van der Waals surface area contributed by atoms with Gasteiger partial charge in [-0.1, -0.05) is 24.3 Å². The first-order valence-corrected chi connectivity index (χ1v) is 9.01. The van der Waals surface area contributed by atoms with Gasteiger partial charge in [-0.3, -0.25) is 14.6 Å². The van der Waals surface area contributed by atoms with Gasteiger partial charge in [0.25, 0.3) is 5.91 Å². The van der Waals surface area contributed by atoms with Gasteiger partial charge in [-0.05, 0) is 37.1 Å². The van der Waals surface area contributed by atoms with Crippen LogP contribution >= 0.6 is 0 Å². The number of rotatable bonds is 5. The molecule has 0 bridgehead atoms. The van der Waals surface area contributed by atoms with E-state index in [1.165, 1.54) is 7.11 Å². The molecule has 3 rings (SSSR count). The van der Waals surface area contributed by atoms with Crippen molar-refractivity contribution < 1.29 is 24.5 Å². The highest BCUT2D eigenvalue weighted by molar-refractivity contribution is 5.92. The summed E-state index contributed by atoms with van der Waals surface area (Å²) in [5.41, 5.74) is 7.79. The molecule has 8 heteroatoms. The van der Waals surface area contributed by atoms with Gasteiger partial charge < -0.3 is 10.5 Å². The number of aryl methyl sites for hydroxylation is 2. The van der Waals surface area contributed by atoms with Gasteiger partial charge in [0.1, 0.15) is 17.3 Å². The summed E-state index contributed by atoms with van der Waals surface area (Å²) in [6.45, 7) is 3.38. The number of nitrogens with two attached hydrogens (primary N) is 1. The normalized spacial score (nSPS) is 10.7. The average Bonchev–Trinajstić information content (AvgIpc) is 2.68. The van der Waals surface area contributed by atoms with Gasteiger partial charge in [0, 0.05) is 6.99 Å². The number of hydrogen-bond acceptors (Lipinski definition) is 5. The Morgan fingerprint density at radius 1 is 1.00 bits per heavy atom. The smallest absolute Gasteiger partial charge is 0.309 e. The number of benzene rings is 2. The van der Waals surface area contributed by atoms with Crippen LogP contribution in [0.25, 0.3) is 22.4 Å². The number of esters is 1. The van der Waals surface area contributed by atoms with E-state index in [1.807, 2.05) is 0 Å². The fraction of sp³-hybridized carbons (Fsp3) is 0.182. The lowest BCUT2D eigenvalue weighted by molar-refractivity contribution is -0.139. The highest BCUT2D eigenvalue weighted by Crippen LogP contribution is 2.30. The first kappa shape index (κ1) is 21.0. The number of hydrogen-bond donors (Lipinski definition) is 1. The molecule has 1 heterocycles. The molecule has 0 aliphatic carbocycles. The molecule has 0 saturated heterocycles. The van der Waals surface area contributed by atoms with Crippen LogP contribution in [-0.2, 0) is 16.0 Å². The van der Waals surface area contributed by atoms with Crippen LogP contribution in [0.4, 0.5) is 8.78 Å². The maximum absolute atomic E-state index is 14.6. The van der Waals surface area contributed by atoms with E-state index in [4.69, 9.17) is 5.73 Å². The Kier molecular flexibility index (Phi) is 5.86. The van der Waals surface area contributed by atoms with Gasteiger partial charge in [-0.15, -0.1) is 0 Å². The molecule has 6 nitrogen and oxygen atoms in total. The van der Waals surface area contributed by atoms with E-state index in [0.29, 0.717) is 28.2 Å². The average molecular weight is 413 g/mol. The molecular formula is C22H21F2N3O3. The number of methoxy groups -OCH3 is 1. The number of amides is 1. The molecule has 156 valence electrons.